The molecular formula is C14H14F3N. The van der Waals surface area contributed by atoms with E-state index in [2.05, 4.69) is 0 Å². The molecule has 0 aromatic heterocycles. The first-order valence-electron chi connectivity index (χ1n) is 5.78. The van der Waals surface area contributed by atoms with Gasteiger partial charge in [-0.1, -0.05) is 43.3 Å². The molecule has 0 radical (unpaired) electrons. The summed E-state index contributed by atoms with van der Waals surface area (Å²) < 4.78 is 38.2. The summed E-state index contributed by atoms with van der Waals surface area (Å²) in [7, 11) is 0. The van der Waals surface area contributed by atoms with Crippen molar-refractivity contribution in [2.45, 2.75) is 25.6 Å². The van der Waals surface area contributed by atoms with Gasteiger partial charge in [-0.05, 0) is 28.3 Å². The molecule has 0 bridgehead atoms. The van der Waals surface area contributed by atoms with Crippen LogP contribution in [0.4, 0.5) is 13.2 Å². The fourth-order valence-corrected chi connectivity index (χ4v) is 2.22. The number of benzene rings is 2. The fraction of sp³-hybridized carbons (Fsp3) is 0.286. The zero-order valence-electron chi connectivity index (χ0n) is 9.96. The van der Waals surface area contributed by atoms with Crippen LogP contribution in [0.5, 0.6) is 0 Å². The van der Waals surface area contributed by atoms with E-state index in [0.29, 0.717) is 12.0 Å². The fourth-order valence-electron chi connectivity index (χ4n) is 2.22. The molecule has 2 aromatic rings. The SMILES string of the molecule is CCc1c([C@H](N)C(F)(F)F)ccc2ccccc12. The van der Waals surface area contributed by atoms with Gasteiger partial charge in [-0.3, -0.25) is 0 Å². The van der Waals surface area contributed by atoms with E-state index in [9.17, 15) is 13.2 Å². The van der Waals surface area contributed by atoms with E-state index in [1.807, 2.05) is 31.2 Å². The van der Waals surface area contributed by atoms with Crippen LogP contribution in [0.15, 0.2) is 36.4 Å². The van der Waals surface area contributed by atoms with Gasteiger partial charge in [0, 0.05) is 0 Å². The second-order valence-electron chi connectivity index (χ2n) is 4.23. The third-order valence-corrected chi connectivity index (χ3v) is 3.12. The highest BCUT2D eigenvalue weighted by Crippen LogP contribution is 2.35. The Morgan fingerprint density at radius 2 is 1.78 bits per heavy atom. The van der Waals surface area contributed by atoms with Gasteiger partial charge in [-0.25, -0.2) is 0 Å². The monoisotopic (exact) mass is 253 g/mol. The molecule has 1 nitrogen and oxygen atoms in total. The lowest BCUT2D eigenvalue weighted by Crippen LogP contribution is -2.29. The van der Waals surface area contributed by atoms with Gasteiger partial charge < -0.3 is 5.73 Å². The molecule has 2 N–H and O–H groups in total. The molecule has 2 aromatic carbocycles. The molecule has 0 amide bonds. The molecular weight excluding hydrogens is 239 g/mol. The third kappa shape index (κ3) is 2.20. The van der Waals surface area contributed by atoms with Crippen molar-refractivity contribution in [2.24, 2.45) is 5.73 Å². The molecule has 0 saturated carbocycles. The number of halogens is 3. The van der Waals surface area contributed by atoms with E-state index in [-0.39, 0.29) is 5.56 Å². The smallest absolute Gasteiger partial charge is 0.316 e. The van der Waals surface area contributed by atoms with Gasteiger partial charge in [0.05, 0.1) is 0 Å². The van der Waals surface area contributed by atoms with Crippen molar-refractivity contribution in [2.75, 3.05) is 0 Å². The minimum Gasteiger partial charge on any atom is -0.316 e. The van der Waals surface area contributed by atoms with Crippen molar-refractivity contribution in [1.29, 1.82) is 0 Å². The Hall–Kier alpha value is -1.55. The Bertz CT molecular complexity index is 560. The van der Waals surface area contributed by atoms with Crippen LogP contribution in [0.1, 0.15) is 24.1 Å². The zero-order chi connectivity index (χ0) is 13.3. The van der Waals surface area contributed by atoms with Crippen molar-refractivity contribution in [3.05, 3.63) is 47.5 Å². The standard InChI is InChI=1S/C14H14F3N/c1-2-10-11-6-4-3-5-9(11)7-8-12(10)13(18)14(15,16)17/h3-8,13H,2,18H2,1H3/t13-/m0/s1. The quantitative estimate of drug-likeness (QED) is 0.861. The predicted octanol–water partition coefficient (Wildman–Crippen LogP) is 3.96. The molecule has 18 heavy (non-hydrogen) atoms. The van der Waals surface area contributed by atoms with Crippen LogP contribution in [0, 0.1) is 0 Å². The van der Waals surface area contributed by atoms with Gasteiger partial charge in [0.1, 0.15) is 6.04 Å². The Morgan fingerprint density at radius 1 is 1.11 bits per heavy atom. The molecule has 0 aliphatic carbocycles. The number of rotatable bonds is 2. The summed E-state index contributed by atoms with van der Waals surface area (Å²) in [6.07, 6.45) is -3.88. The van der Waals surface area contributed by atoms with Crippen molar-refractivity contribution in [1.82, 2.24) is 0 Å². The molecule has 1 atom stereocenters. The Morgan fingerprint density at radius 3 is 2.39 bits per heavy atom. The van der Waals surface area contributed by atoms with Crippen molar-refractivity contribution < 1.29 is 13.2 Å². The number of alkyl halides is 3. The highest BCUT2D eigenvalue weighted by Gasteiger charge is 2.38. The second kappa shape index (κ2) is 4.61. The van der Waals surface area contributed by atoms with Crippen LogP contribution >= 0.6 is 0 Å². The van der Waals surface area contributed by atoms with Crippen LogP contribution in [0.2, 0.25) is 0 Å². The lowest BCUT2D eigenvalue weighted by Gasteiger charge is -2.20. The molecule has 0 saturated heterocycles. The highest BCUT2D eigenvalue weighted by atomic mass is 19.4. The Balaban J connectivity index is 2.65. The molecule has 0 fully saturated rings. The summed E-state index contributed by atoms with van der Waals surface area (Å²) in [6, 6.07) is 8.67. The molecule has 0 heterocycles. The van der Waals surface area contributed by atoms with Crippen molar-refractivity contribution in [3.63, 3.8) is 0 Å². The van der Waals surface area contributed by atoms with Crippen LogP contribution < -0.4 is 5.73 Å². The number of hydrogen-bond donors (Lipinski definition) is 1. The summed E-state index contributed by atoms with van der Waals surface area (Å²) in [6.45, 7) is 1.84. The van der Waals surface area contributed by atoms with E-state index < -0.39 is 12.2 Å². The van der Waals surface area contributed by atoms with E-state index in [0.717, 1.165) is 10.8 Å². The summed E-state index contributed by atoms with van der Waals surface area (Å²) in [5.41, 5.74) is 6.16. The van der Waals surface area contributed by atoms with E-state index in [1.165, 1.54) is 6.07 Å². The summed E-state index contributed by atoms with van der Waals surface area (Å²) in [4.78, 5) is 0. The average Bonchev–Trinajstić information content (AvgIpc) is 2.35. The maximum Gasteiger partial charge on any atom is 0.407 e. The summed E-state index contributed by atoms with van der Waals surface area (Å²) >= 11 is 0. The molecule has 0 unspecified atom stereocenters. The van der Waals surface area contributed by atoms with Crippen molar-refractivity contribution >= 4 is 10.8 Å². The van der Waals surface area contributed by atoms with Gasteiger partial charge in [-0.15, -0.1) is 0 Å². The number of hydrogen-bond acceptors (Lipinski definition) is 1. The van der Waals surface area contributed by atoms with Gasteiger partial charge in [0.15, 0.2) is 0 Å². The van der Waals surface area contributed by atoms with Gasteiger partial charge in [-0.2, -0.15) is 13.2 Å². The lowest BCUT2D eigenvalue weighted by molar-refractivity contribution is -0.149. The van der Waals surface area contributed by atoms with Crippen molar-refractivity contribution in [3.8, 4) is 0 Å². The average molecular weight is 253 g/mol. The van der Waals surface area contributed by atoms with Crippen LogP contribution in [0.25, 0.3) is 10.8 Å². The second-order valence-corrected chi connectivity index (χ2v) is 4.23. The summed E-state index contributed by atoms with van der Waals surface area (Å²) in [5, 5.41) is 1.78. The largest absolute Gasteiger partial charge is 0.407 e. The lowest BCUT2D eigenvalue weighted by atomic mass is 9.93. The number of fused-ring (bicyclic) bond motifs is 1. The molecule has 0 aliphatic rings. The van der Waals surface area contributed by atoms with Gasteiger partial charge >= 0.3 is 6.18 Å². The molecule has 0 spiro atoms. The minimum absolute atomic E-state index is 0.170. The Labute approximate surface area is 103 Å². The molecule has 4 heteroatoms. The predicted molar refractivity (Wildman–Crippen MR) is 66.3 cm³/mol. The zero-order valence-corrected chi connectivity index (χ0v) is 9.96. The summed E-state index contributed by atoms with van der Waals surface area (Å²) in [5.74, 6) is 0. The first-order valence-corrected chi connectivity index (χ1v) is 5.78. The van der Waals surface area contributed by atoms with E-state index in [4.69, 9.17) is 5.73 Å². The number of aryl methyl sites for hydroxylation is 1. The molecule has 96 valence electrons. The Kier molecular flexibility index (Phi) is 3.30. The maximum absolute atomic E-state index is 12.7. The first kappa shape index (κ1) is 12.9. The van der Waals surface area contributed by atoms with Crippen LogP contribution in [-0.4, -0.2) is 6.18 Å². The number of nitrogens with two attached hydrogens (primary N) is 1. The van der Waals surface area contributed by atoms with Gasteiger partial charge in [0.25, 0.3) is 0 Å². The van der Waals surface area contributed by atoms with Crippen LogP contribution in [0.3, 0.4) is 0 Å². The maximum atomic E-state index is 12.7. The van der Waals surface area contributed by atoms with E-state index in [1.54, 1.807) is 6.07 Å². The topological polar surface area (TPSA) is 26.0 Å². The third-order valence-electron chi connectivity index (χ3n) is 3.12. The highest BCUT2D eigenvalue weighted by molar-refractivity contribution is 5.87. The first-order chi connectivity index (χ1) is 8.45. The molecule has 2 rings (SSSR count). The van der Waals surface area contributed by atoms with Gasteiger partial charge in [0.2, 0.25) is 0 Å². The van der Waals surface area contributed by atoms with E-state index >= 15 is 0 Å². The minimum atomic E-state index is -4.41. The van der Waals surface area contributed by atoms with Crippen LogP contribution in [-0.2, 0) is 6.42 Å². The molecule has 0 aliphatic heterocycles. The normalized spacial score (nSPS) is 13.8.